The summed E-state index contributed by atoms with van der Waals surface area (Å²) in [5.74, 6) is -15.5. The van der Waals surface area contributed by atoms with Gasteiger partial charge in [0.25, 0.3) is 22.9 Å². The fraction of sp³-hybridized carbons (Fsp3) is 0.500. The van der Waals surface area contributed by atoms with Crippen LogP contribution >= 0.6 is 0 Å². The number of ether oxygens (including phenoxy) is 4. The van der Waals surface area contributed by atoms with Crippen LogP contribution < -0.4 is 68.1 Å². The molecule has 8 atom stereocenters. The summed E-state index contributed by atoms with van der Waals surface area (Å²) in [6, 6.07) is 6.32. The third-order valence-corrected chi connectivity index (χ3v) is 15.1. The number of hydroxylamine groups is 4. The summed E-state index contributed by atoms with van der Waals surface area (Å²) >= 11 is 0. The van der Waals surface area contributed by atoms with Crippen LogP contribution in [0.15, 0.2) is 54.8 Å². The van der Waals surface area contributed by atoms with Crippen molar-refractivity contribution in [1.29, 1.82) is 0 Å². The van der Waals surface area contributed by atoms with E-state index in [1.807, 2.05) is 0 Å². The van der Waals surface area contributed by atoms with Crippen LogP contribution in [0.5, 0.6) is 0 Å². The van der Waals surface area contributed by atoms with Crippen molar-refractivity contribution in [2.75, 3.05) is 35.5 Å². The number of aryl methyl sites for hydroxylation is 2. The van der Waals surface area contributed by atoms with E-state index in [-0.39, 0.29) is 61.3 Å². The SMILES string of the molecule is Cc1c(NOC(=O)[C@](N)(OC(=O)[C@@H]2CCCN2OC(=O)[C@@](C)(N)OC(=O)[C@](C)(N)C(=O)CCC(=O)[C@@](C)(N)C(=O)O[C@](C)(N)C(=O)ON2CCC[C@H]2C(=O)O[C@@](N)(C(=O)ONc2c(C)c3ccc(N)cc3oc2=O)C(C)C)C(C)C)c(=O)oc2cc(N)ccc12. The summed E-state index contributed by atoms with van der Waals surface area (Å²) in [5, 5.41) is 2.57. The Morgan fingerprint density at radius 3 is 1.19 bits per heavy atom. The van der Waals surface area contributed by atoms with E-state index in [4.69, 9.17) is 93.0 Å². The Hall–Kier alpha value is -9.16. The average Bonchev–Trinajstić information content (AvgIpc) is 1.28. The van der Waals surface area contributed by atoms with Gasteiger partial charge in [-0.2, -0.15) is 0 Å². The topological polar surface area (TPSA) is 544 Å². The average molecular weight is 1270 g/mol. The van der Waals surface area contributed by atoms with Gasteiger partial charge in [0.05, 0.1) is 0 Å². The molecule has 2 aliphatic rings. The molecular formula is C56H74N12O22. The molecule has 0 bridgehead atoms. The zero-order valence-electron chi connectivity index (χ0n) is 50.9. The van der Waals surface area contributed by atoms with Crippen molar-refractivity contribution in [3.63, 3.8) is 0 Å². The van der Waals surface area contributed by atoms with Crippen molar-refractivity contribution in [2.24, 2.45) is 46.2 Å². The van der Waals surface area contributed by atoms with Crippen molar-refractivity contribution in [1.82, 2.24) is 10.1 Å². The second kappa shape index (κ2) is 26.5. The first-order valence-electron chi connectivity index (χ1n) is 27.9. The number of nitrogens with one attached hydrogen (secondary N) is 2. The zero-order chi connectivity index (χ0) is 67.6. The second-order valence-electron chi connectivity index (χ2n) is 23.1. The number of rotatable bonds is 25. The lowest BCUT2D eigenvalue weighted by Crippen LogP contribution is -2.61. The van der Waals surface area contributed by atoms with E-state index in [2.05, 4.69) is 11.0 Å². The number of fused-ring (bicyclic) bond motifs is 2. The molecule has 0 spiro atoms. The fourth-order valence-electron chi connectivity index (χ4n) is 8.81. The molecule has 0 unspecified atom stereocenters. The van der Waals surface area contributed by atoms with E-state index in [1.165, 1.54) is 39.8 Å². The number of anilines is 4. The van der Waals surface area contributed by atoms with Crippen molar-refractivity contribution in [3.05, 3.63) is 68.4 Å². The van der Waals surface area contributed by atoms with Crippen molar-refractivity contribution < 1.29 is 95.1 Å². The monoisotopic (exact) mass is 1270 g/mol. The highest BCUT2D eigenvalue weighted by Gasteiger charge is 2.52. The van der Waals surface area contributed by atoms with Crippen molar-refractivity contribution >= 4 is 104 Å². The van der Waals surface area contributed by atoms with Gasteiger partial charge in [-0.1, -0.05) is 27.7 Å². The number of benzene rings is 2. The van der Waals surface area contributed by atoms with Gasteiger partial charge in [-0.25, -0.2) is 49.3 Å². The Morgan fingerprint density at radius 2 is 0.867 bits per heavy atom. The van der Waals surface area contributed by atoms with Crippen LogP contribution in [0.25, 0.3) is 21.9 Å². The van der Waals surface area contributed by atoms with Crippen LogP contribution in [-0.2, 0) is 86.2 Å². The number of Topliss-reactive ketones (excluding diaryl/α,β-unsaturated/α-hetero) is 2. The lowest BCUT2D eigenvalue weighted by molar-refractivity contribution is -0.226. The number of carbonyl (C=O) groups excluding carboxylic acids is 10. The number of ketones is 2. The number of nitrogen functional groups attached to an aromatic ring is 2. The summed E-state index contributed by atoms with van der Waals surface area (Å²) in [4.78, 5) is 181. The standard InChI is InChI=1S/C56H74N12O22/c1-25(2)55(63,49(79)87-65-39-27(5)31-17-15-29(57)23-35(31)81-43(39)73)83-41(71)33-13-11-21-67(33)89-47(77)53(9,61)85-45(75)51(7,59)37(69)19-20-38(70)52(8,60)46(76)86-54(10,62)48(78)90-68-22-12-14-34(68)42(72)84-56(64,26(3)4)50(80)88-66-40-28(6)32-18-16-30(58)24-36(32)82-44(40)74/h15-18,23-26,33-34,65-66H,11-14,19-22,57-64H2,1-10H3/t33-,34-,51+,52+,53-,54-,55+,56+/m0/s1. The predicted octanol–water partition coefficient (Wildman–Crippen LogP) is -0.536. The largest absolute Gasteiger partial charge is 0.431 e. The maximum absolute atomic E-state index is 13.6. The third kappa shape index (κ3) is 14.8. The molecule has 18 N–H and O–H groups in total. The van der Waals surface area contributed by atoms with E-state index in [0.717, 1.165) is 37.8 Å². The molecule has 0 aliphatic carbocycles. The van der Waals surface area contributed by atoms with E-state index >= 15 is 0 Å². The quantitative estimate of drug-likeness (QED) is 0.00758. The summed E-state index contributed by atoms with van der Waals surface area (Å²) in [5.41, 5.74) is 36.4. The van der Waals surface area contributed by atoms with Crippen LogP contribution in [0.3, 0.4) is 0 Å². The number of carbonyl (C=O) groups is 10. The van der Waals surface area contributed by atoms with Gasteiger partial charge in [-0.15, -0.1) is 10.1 Å². The van der Waals surface area contributed by atoms with E-state index in [1.54, 1.807) is 38.1 Å². The van der Waals surface area contributed by atoms with Crippen LogP contribution in [0.1, 0.15) is 105 Å². The third-order valence-electron chi connectivity index (χ3n) is 15.1. The first-order chi connectivity index (χ1) is 41.6. The Morgan fingerprint density at radius 1 is 0.533 bits per heavy atom. The van der Waals surface area contributed by atoms with Gasteiger partial charge >= 0.3 is 59.0 Å². The fourth-order valence-corrected chi connectivity index (χ4v) is 8.81. The molecule has 0 amide bonds. The molecule has 0 saturated carbocycles. The summed E-state index contributed by atoms with van der Waals surface area (Å²) in [6.45, 7) is 12.0. The highest BCUT2D eigenvalue weighted by atomic mass is 16.7. The normalized spacial score (nSPS) is 19.3. The molecule has 4 heterocycles. The first kappa shape index (κ1) is 69.9. The lowest BCUT2D eigenvalue weighted by Gasteiger charge is -2.33. The first-order valence-corrected chi connectivity index (χ1v) is 27.9. The number of hydrogen-bond donors (Lipinski definition) is 10. The van der Waals surface area contributed by atoms with Crippen LogP contribution in [0.4, 0.5) is 22.7 Å². The molecular weight excluding hydrogens is 1190 g/mol. The molecule has 90 heavy (non-hydrogen) atoms. The molecule has 0 radical (unpaired) electrons. The maximum Gasteiger partial charge on any atom is 0.391 e. The Bertz CT molecular complexity index is 3440. The molecule has 4 aromatic rings. The van der Waals surface area contributed by atoms with Gasteiger partial charge in [0, 0.05) is 85.9 Å². The van der Waals surface area contributed by atoms with Gasteiger partial charge in [-0.05, 0) is 88.8 Å². The Labute approximate surface area is 511 Å². The molecule has 6 rings (SSSR count). The molecule has 34 nitrogen and oxygen atoms in total. The molecule has 2 aromatic heterocycles. The minimum atomic E-state index is -2.72. The molecule has 2 aliphatic heterocycles. The van der Waals surface area contributed by atoms with Gasteiger partial charge in [0.2, 0.25) is 0 Å². The van der Waals surface area contributed by atoms with Gasteiger partial charge in [0.1, 0.15) is 23.2 Å². The molecule has 2 saturated heterocycles. The summed E-state index contributed by atoms with van der Waals surface area (Å²) in [6.07, 6.45) is -1.38. The van der Waals surface area contributed by atoms with E-state index in [0.29, 0.717) is 33.3 Å². The minimum absolute atomic E-state index is 0.0166. The number of nitrogens with two attached hydrogens (primary N) is 8. The van der Waals surface area contributed by atoms with Crippen LogP contribution in [0, 0.1) is 25.7 Å². The summed E-state index contributed by atoms with van der Waals surface area (Å²) < 4.78 is 31.8. The molecule has 2 fully saturated rings. The highest BCUT2D eigenvalue weighted by Crippen LogP contribution is 2.31. The molecule has 2 aromatic carbocycles. The maximum atomic E-state index is 13.6. The number of hydrogen-bond acceptors (Lipinski definition) is 34. The van der Waals surface area contributed by atoms with Crippen LogP contribution in [-0.4, -0.2) is 129 Å². The van der Waals surface area contributed by atoms with Crippen molar-refractivity contribution in [3.8, 4) is 0 Å². The Kier molecular flexibility index (Phi) is 20.6. The van der Waals surface area contributed by atoms with E-state index in [9.17, 15) is 57.5 Å². The lowest BCUT2D eigenvalue weighted by atomic mass is 9.89. The number of esters is 4. The Balaban J connectivity index is 0.985. The van der Waals surface area contributed by atoms with Crippen molar-refractivity contribution in [2.45, 2.75) is 154 Å². The second-order valence-corrected chi connectivity index (χ2v) is 23.1. The van der Waals surface area contributed by atoms with Gasteiger partial charge in [0.15, 0.2) is 34.0 Å². The predicted molar refractivity (Wildman–Crippen MR) is 312 cm³/mol. The molecule has 34 heteroatoms. The van der Waals surface area contributed by atoms with Crippen LogP contribution in [0.2, 0.25) is 0 Å². The summed E-state index contributed by atoms with van der Waals surface area (Å²) in [7, 11) is 0. The zero-order valence-corrected chi connectivity index (χ0v) is 50.9. The van der Waals surface area contributed by atoms with E-state index < -0.39 is 141 Å². The molecule has 490 valence electrons. The number of nitrogens with zero attached hydrogens (tertiary/aromatic N) is 2. The minimum Gasteiger partial charge on any atom is -0.431 e. The highest BCUT2D eigenvalue weighted by molar-refractivity contribution is 6.12. The van der Waals surface area contributed by atoms with Gasteiger partial charge in [-0.3, -0.25) is 42.1 Å². The smallest absolute Gasteiger partial charge is 0.391 e. The van der Waals surface area contributed by atoms with Gasteiger partial charge < -0.3 is 70.1 Å².